The highest BCUT2D eigenvalue weighted by Crippen LogP contribution is 2.16. The molecule has 0 aliphatic heterocycles. The lowest BCUT2D eigenvalue weighted by atomic mass is 10.3. The van der Waals surface area contributed by atoms with E-state index in [1.165, 1.54) is 12.4 Å². The highest BCUT2D eigenvalue weighted by atomic mass is 19.4. The fourth-order valence-electron chi connectivity index (χ4n) is 0.756. The number of carbonyl (C=O) groups excluding carboxylic acids is 1. The predicted molar refractivity (Wildman–Crippen MR) is 48.1 cm³/mol. The van der Waals surface area contributed by atoms with E-state index < -0.39 is 12.0 Å². The van der Waals surface area contributed by atoms with Crippen LogP contribution in [0.1, 0.15) is 0 Å². The molecule has 1 rings (SSSR count). The highest BCUT2D eigenvalue weighted by Gasteiger charge is 2.35. The molecule has 0 bridgehead atoms. The minimum atomic E-state index is -4.83. The van der Waals surface area contributed by atoms with Crippen LogP contribution in [0, 0.1) is 0 Å². The molecule has 0 saturated carbocycles. The zero-order chi connectivity index (χ0) is 11.3. The molecule has 1 heterocycles. The summed E-state index contributed by atoms with van der Waals surface area (Å²) in [4.78, 5) is 14.1. The van der Waals surface area contributed by atoms with Gasteiger partial charge in [-0.15, -0.1) is 0 Å². The molecule has 0 aromatic carbocycles. The lowest BCUT2D eigenvalue weighted by Gasteiger charge is -2.00. The normalized spacial score (nSPS) is 11.7. The third-order valence-corrected chi connectivity index (χ3v) is 1.43. The molecule has 0 fully saturated rings. The molecule has 0 atom stereocenters. The molecule has 1 aromatic heterocycles. The molecule has 3 nitrogen and oxygen atoms in total. The molecule has 1 aromatic rings. The van der Waals surface area contributed by atoms with Gasteiger partial charge in [0, 0.05) is 18.5 Å². The Kier molecular flexibility index (Phi) is 3.43. The van der Waals surface area contributed by atoms with Crippen LogP contribution in [-0.4, -0.2) is 16.9 Å². The number of allylic oxidation sites excluding steroid dienone is 1. The van der Waals surface area contributed by atoms with Crippen LogP contribution < -0.4 is 5.32 Å². The number of aromatic nitrogens is 1. The average molecular weight is 216 g/mol. The van der Waals surface area contributed by atoms with Gasteiger partial charge in [0.15, 0.2) is 0 Å². The Morgan fingerprint density at radius 2 is 2.20 bits per heavy atom. The van der Waals surface area contributed by atoms with Crippen LogP contribution in [0.5, 0.6) is 0 Å². The number of hydrogen-bond donors (Lipinski definition) is 1. The number of halogens is 3. The van der Waals surface area contributed by atoms with Gasteiger partial charge in [-0.25, -0.2) is 0 Å². The summed E-state index contributed by atoms with van der Waals surface area (Å²) in [7, 11) is 0. The molecule has 0 radical (unpaired) electrons. The van der Waals surface area contributed by atoms with E-state index in [4.69, 9.17) is 0 Å². The topological polar surface area (TPSA) is 42.0 Å². The third-order valence-electron chi connectivity index (χ3n) is 1.43. The highest BCUT2D eigenvalue weighted by molar-refractivity contribution is 5.94. The maximum absolute atomic E-state index is 11.7. The van der Waals surface area contributed by atoms with Crippen LogP contribution in [0.4, 0.5) is 18.9 Å². The minimum absolute atomic E-state index is 0.424. The Morgan fingerprint density at radius 1 is 1.47 bits per heavy atom. The molecule has 6 heteroatoms. The van der Waals surface area contributed by atoms with Crippen LogP contribution in [0.25, 0.3) is 0 Å². The van der Waals surface area contributed by atoms with Gasteiger partial charge in [0.2, 0.25) is 0 Å². The Bertz CT molecular complexity index is 359. The predicted octanol–water partition coefficient (Wildman–Crippen LogP) is 2.14. The van der Waals surface area contributed by atoms with Gasteiger partial charge >= 0.3 is 6.18 Å². The summed E-state index contributed by atoms with van der Waals surface area (Å²) in [6.07, 6.45) is -0.537. The van der Waals surface area contributed by atoms with Gasteiger partial charge in [-0.1, -0.05) is 0 Å². The molecule has 0 unspecified atom stereocenters. The Hall–Kier alpha value is -1.85. The van der Waals surface area contributed by atoms with Crippen molar-refractivity contribution in [1.29, 1.82) is 0 Å². The quantitative estimate of drug-likeness (QED) is 0.787. The number of hydrogen-bond acceptors (Lipinski definition) is 3. The van der Waals surface area contributed by atoms with E-state index in [0.717, 1.165) is 6.20 Å². The molecule has 80 valence electrons. The summed E-state index contributed by atoms with van der Waals surface area (Å²) >= 11 is 0. The van der Waals surface area contributed by atoms with Crippen molar-refractivity contribution < 1.29 is 18.0 Å². The second-order valence-corrected chi connectivity index (χ2v) is 2.58. The van der Waals surface area contributed by atoms with Crippen molar-refractivity contribution in [1.82, 2.24) is 4.98 Å². The number of pyridine rings is 1. The zero-order valence-electron chi connectivity index (χ0n) is 7.45. The monoisotopic (exact) mass is 216 g/mol. The first-order chi connectivity index (χ1) is 7.00. The maximum Gasteiger partial charge on any atom is 0.454 e. The lowest BCUT2D eigenvalue weighted by molar-refractivity contribution is -0.165. The van der Waals surface area contributed by atoms with Crippen molar-refractivity contribution in [3.63, 3.8) is 0 Å². The first-order valence-electron chi connectivity index (χ1n) is 3.94. The molecular formula is C9H7F3N2O. The van der Waals surface area contributed by atoms with Crippen LogP contribution >= 0.6 is 0 Å². The van der Waals surface area contributed by atoms with Gasteiger partial charge in [-0.05, 0) is 12.1 Å². The number of carbonyl (C=O) groups is 1. The van der Waals surface area contributed by atoms with Crippen LogP contribution in [0.3, 0.4) is 0 Å². The van der Waals surface area contributed by atoms with Crippen LogP contribution in [0.2, 0.25) is 0 Å². The van der Waals surface area contributed by atoms with Crippen molar-refractivity contribution in [2.24, 2.45) is 0 Å². The minimum Gasteiger partial charge on any atom is -0.360 e. The van der Waals surface area contributed by atoms with Crippen LogP contribution in [0.15, 0.2) is 36.8 Å². The van der Waals surface area contributed by atoms with E-state index in [1.807, 2.05) is 0 Å². The second-order valence-electron chi connectivity index (χ2n) is 2.58. The second kappa shape index (κ2) is 4.59. The number of nitrogens with zero attached hydrogens (tertiary/aromatic N) is 1. The van der Waals surface area contributed by atoms with E-state index >= 15 is 0 Å². The molecular weight excluding hydrogens is 209 g/mol. The molecule has 0 saturated heterocycles. The summed E-state index contributed by atoms with van der Waals surface area (Å²) in [5, 5.41) is 2.48. The first-order valence-corrected chi connectivity index (χ1v) is 3.94. The summed E-state index contributed by atoms with van der Waals surface area (Å²) in [6, 6.07) is 3.22. The van der Waals surface area contributed by atoms with Crippen molar-refractivity contribution in [3.05, 3.63) is 36.8 Å². The summed E-state index contributed by atoms with van der Waals surface area (Å²) < 4.78 is 35.2. The van der Waals surface area contributed by atoms with E-state index in [9.17, 15) is 18.0 Å². The number of alkyl halides is 3. The fourth-order valence-corrected chi connectivity index (χ4v) is 0.756. The van der Waals surface area contributed by atoms with Gasteiger partial charge in [-0.2, -0.15) is 13.2 Å². The Morgan fingerprint density at radius 3 is 2.73 bits per heavy atom. The van der Waals surface area contributed by atoms with E-state index in [-0.39, 0.29) is 0 Å². The molecule has 0 amide bonds. The van der Waals surface area contributed by atoms with Crippen LogP contribution in [-0.2, 0) is 4.79 Å². The SMILES string of the molecule is O=C(/C=C/Nc1cccnc1)C(F)(F)F. The molecule has 15 heavy (non-hydrogen) atoms. The van der Waals surface area contributed by atoms with Crippen molar-refractivity contribution in [2.75, 3.05) is 5.32 Å². The van der Waals surface area contributed by atoms with E-state index in [0.29, 0.717) is 11.8 Å². The zero-order valence-corrected chi connectivity index (χ0v) is 7.45. The summed E-state index contributed by atoms with van der Waals surface area (Å²) in [5.74, 6) is -1.90. The van der Waals surface area contributed by atoms with Gasteiger partial charge in [0.05, 0.1) is 11.9 Å². The van der Waals surface area contributed by atoms with E-state index in [2.05, 4.69) is 10.3 Å². The first kappa shape index (κ1) is 11.2. The average Bonchev–Trinajstić information content (AvgIpc) is 2.18. The van der Waals surface area contributed by atoms with Gasteiger partial charge in [0.25, 0.3) is 5.78 Å². The standard InChI is InChI=1S/C9H7F3N2O/c10-9(11,12)8(15)3-5-14-7-2-1-4-13-6-7/h1-6,14H/b5-3+. The lowest BCUT2D eigenvalue weighted by Crippen LogP contribution is -2.20. The van der Waals surface area contributed by atoms with Crippen molar-refractivity contribution in [2.45, 2.75) is 6.18 Å². The molecule has 0 aliphatic carbocycles. The smallest absolute Gasteiger partial charge is 0.360 e. The number of anilines is 1. The van der Waals surface area contributed by atoms with Crippen molar-refractivity contribution >= 4 is 11.5 Å². The Labute approximate surface area is 83.6 Å². The summed E-state index contributed by atoms with van der Waals surface area (Å²) in [6.45, 7) is 0. The van der Waals surface area contributed by atoms with Gasteiger partial charge < -0.3 is 5.32 Å². The van der Waals surface area contributed by atoms with Gasteiger partial charge in [-0.3, -0.25) is 9.78 Å². The third kappa shape index (κ3) is 3.80. The molecule has 0 aliphatic rings. The summed E-state index contributed by atoms with van der Waals surface area (Å²) in [5.41, 5.74) is 0.503. The number of rotatable bonds is 3. The Balaban J connectivity index is 2.51. The number of ketones is 1. The molecule has 1 N–H and O–H groups in total. The maximum atomic E-state index is 11.7. The van der Waals surface area contributed by atoms with Gasteiger partial charge in [0.1, 0.15) is 0 Å². The van der Waals surface area contributed by atoms with E-state index in [1.54, 1.807) is 12.1 Å². The molecule has 0 spiro atoms. The van der Waals surface area contributed by atoms with Crippen molar-refractivity contribution in [3.8, 4) is 0 Å². The number of nitrogens with one attached hydrogen (secondary N) is 1. The fraction of sp³-hybridized carbons (Fsp3) is 0.111. The largest absolute Gasteiger partial charge is 0.454 e.